The third kappa shape index (κ3) is 2.98. The fourth-order valence-corrected chi connectivity index (χ4v) is 7.08. The van der Waals surface area contributed by atoms with Gasteiger partial charge in [-0.3, -0.25) is 0 Å². The molecule has 0 aliphatic rings. The summed E-state index contributed by atoms with van der Waals surface area (Å²) in [5.41, 5.74) is 1.42. The lowest BCUT2D eigenvalue weighted by atomic mass is 10.1. The van der Waals surface area contributed by atoms with Crippen LogP contribution in [-0.4, -0.2) is 0 Å². The summed E-state index contributed by atoms with van der Waals surface area (Å²) in [5.74, 6) is 0. The van der Waals surface area contributed by atoms with Gasteiger partial charge in [-0.2, -0.15) is 13.2 Å². The highest BCUT2D eigenvalue weighted by molar-refractivity contribution is 7.40. The van der Waals surface area contributed by atoms with Gasteiger partial charge < -0.3 is 0 Å². The summed E-state index contributed by atoms with van der Waals surface area (Å²) in [5, 5.41) is 0. The number of rotatable bonds is 2. The zero-order valence-corrected chi connectivity index (χ0v) is 16.2. The largest absolute Gasteiger partial charge is 0.416 e. The van der Waals surface area contributed by atoms with Crippen molar-refractivity contribution in [2.75, 3.05) is 0 Å². The zero-order chi connectivity index (χ0) is 18.6. The number of fused-ring (bicyclic) bond motifs is 3. The Morgan fingerprint density at radius 2 is 1.11 bits per heavy atom. The van der Waals surface area contributed by atoms with Crippen LogP contribution in [0, 0.1) is 0 Å². The van der Waals surface area contributed by atoms with Gasteiger partial charge in [0.25, 0.3) is 0 Å². The number of hydrogen-bond donors (Lipinski definition) is 0. The first-order valence-corrected chi connectivity index (χ1v) is 10.6. The second kappa shape index (κ2) is 6.19. The van der Waals surface area contributed by atoms with Crippen molar-refractivity contribution < 1.29 is 13.2 Å². The lowest BCUT2D eigenvalue weighted by Crippen LogP contribution is -2.03. The van der Waals surface area contributed by atoms with Crippen LogP contribution in [0.4, 0.5) is 13.2 Å². The molecule has 2 aromatic carbocycles. The molecule has 0 saturated carbocycles. The molecule has 0 atom stereocenters. The van der Waals surface area contributed by atoms with Gasteiger partial charge in [0.15, 0.2) is 0 Å². The Bertz CT molecular complexity index is 1240. The van der Waals surface area contributed by atoms with Gasteiger partial charge in [0.05, 0.1) is 15.0 Å². The molecule has 5 aromatic rings. The molecule has 0 spiro atoms. The molecule has 0 radical (unpaired) electrons. The van der Waals surface area contributed by atoms with E-state index in [0.717, 1.165) is 22.6 Å². The molecule has 0 aliphatic carbocycles. The Labute approximate surface area is 165 Å². The van der Waals surface area contributed by atoms with Crippen LogP contribution in [0.2, 0.25) is 0 Å². The van der Waals surface area contributed by atoms with E-state index < -0.39 is 11.7 Å². The van der Waals surface area contributed by atoms with Crippen molar-refractivity contribution in [3.05, 3.63) is 72.3 Å². The lowest BCUT2D eigenvalue weighted by Gasteiger charge is -2.06. The molecule has 6 heteroatoms. The van der Waals surface area contributed by atoms with Crippen LogP contribution >= 0.6 is 34.0 Å². The second-order valence-corrected chi connectivity index (χ2v) is 9.34. The molecule has 0 saturated heterocycles. The maximum Gasteiger partial charge on any atom is 0.416 e. The fourth-order valence-electron chi connectivity index (χ4n) is 3.05. The van der Waals surface area contributed by atoms with Crippen LogP contribution in [0.15, 0.2) is 66.7 Å². The molecule has 134 valence electrons. The summed E-state index contributed by atoms with van der Waals surface area (Å²) < 4.78 is 43.2. The van der Waals surface area contributed by atoms with Gasteiger partial charge in [-0.25, -0.2) is 0 Å². The summed E-state index contributed by atoms with van der Waals surface area (Å²) in [6.07, 6.45) is -4.30. The molecule has 0 fully saturated rings. The molecule has 0 aliphatic heterocycles. The van der Waals surface area contributed by atoms with E-state index in [1.54, 1.807) is 46.1 Å². The second-order valence-electron chi connectivity index (χ2n) is 6.15. The topological polar surface area (TPSA) is 0 Å². The summed E-state index contributed by atoms with van der Waals surface area (Å²) in [6, 6.07) is 20.0. The molecular weight excluding hydrogens is 405 g/mol. The standard InChI is InChI=1S/C21H11F3S3/c22-21(23,24)14-8-6-13(7-9-14)16-11-18-20(27-16)19-17(25-18)10-15(26-19)12-4-2-1-3-5-12/h1-11H. The smallest absolute Gasteiger partial charge is 0.166 e. The average molecular weight is 417 g/mol. The molecular formula is C21H11F3S3. The van der Waals surface area contributed by atoms with Gasteiger partial charge >= 0.3 is 6.18 Å². The molecule has 0 amide bonds. The van der Waals surface area contributed by atoms with E-state index in [2.05, 4.69) is 24.3 Å². The van der Waals surface area contributed by atoms with Crippen LogP contribution in [0.3, 0.4) is 0 Å². The van der Waals surface area contributed by atoms with Gasteiger partial charge in [-0.05, 0) is 35.4 Å². The van der Waals surface area contributed by atoms with E-state index in [9.17, 15) is 13.2 Å². The lowest BCUT2D eigenvalue weighted by molar-refractivity contribution is -0.137. The summed E-state index contributed by atoms with van der Waals surface area (Å²) in [4.78, 5) is 2.24. The molecule has 0 N–H and O–H groups in total. The van der Waals surface area contributed by atoms with E-state index in [4.69, 9.17) is 0 Å². The van der Waals surface area contributed by atoms with Crippen LogP contribution in [-0.2, 0) is 6.18 Å². The van der Waals surface area contributed by atoms with E-state index >= 15 is 0 Å². The van der Waals surface area contributed by atoms with Gasteiger partial charge in [-0.15, -0.1) is 34.0 Å². The highest BCUT2D eigenvalue weighted by Crippen LogP contribution is 2.48. The Morgan fingerprint density at radius 1 is 0.593 bits per heavy atom. The first kappa shape index (κ1) is 17.0. The van der Waals surface area contributed by atoms with Gasteiger partial charge in [0.1, 0.15) is 0 Å². The van der Waals surface area contributed by atoms with E-state index in [1.165, 1.54) is 29.2 Å². The molecule has 3 aromatic heterocycles. The van der Waals surface area contributed by atoms with Crippen molar-refractivity contribution in [2.24, 2.45) is 0 Å². The van der Waals surface area contributed by atoms with Crippen molar-refractivity contribution in [1.82, 2.24) is 0 Å². The van der Waals surface area contributed by atoms with E-state index in [0.29, 0.717) is 0 Å². The fraction of sp³-hybridized carbons (Fsp3) is 0.0476. The van der Waals surface area contributed by atoms with Crippen LogP contribution in [0.25, 0.3) is 39.7 Å². The van der Waals surface area contributed by atoms with Crippen LogP contribution in [0.5, 0.6) is 0 Å². The number of alkyl halides is 3. The minimum atomic E-state index is -4.30. The number of halogens is 3. The predicted octanol–water partition coefficient (Wildman–Crippen LogP) is 8.53. The van der Waals surface area contributed by atoms with Crippen LogP contribution in [0.1, 0.15) is 5.56 Å². The normalized spacial score (nSPS) is 12.3. The highest BCUT2D eigenvalue weighted by atomic mass is 32.1. The van der Waals surface area contributed by atoms with Crippen molar-refractivity contribution in [1.29, 1.82) is 0 Å². The third-order valence-corrected chi connectivity index (χ3v) is 8.25. The van der Waals surface area contributed by atoms with Crippen molar-refractivity contribution in [3.63, 3.8) is 0 Å². The first-order chi connectivity index (χ1) is 13.0. The monoisotopic (exact) mass is 416 g/mol. The Balaban J connectivity index is 1.56. The molecule has 0 nitrogen and oxygen atoms in total. The number of hydrogen-bond acceptors (Lipinski definition) is 3. The summed E-state index contributed by atoms with van der Waals surface area (Å²) in [6.45, 7) is 0. The quantitative estimate of drug-likeness (QED) is 0.270. The van der Waals surface area contributed by atoms with Gasteiger partial charge in [0.2, 0.25) is 0 Å². The summed E-state index contributed by atoms with van der Waals surface area (Å²) >= 11 is 5.16. The average Bonchev–Trinajstić information content (AvgIpc) is 3.32. The van der Waals surface area contributed by atoms with Crippen LogP contribution < -0.4 is 0 Å². The minimum absolute atomic E-state index is 0.613. The molecule has 3 heterocycles. The molecule has 0 unspecified atom stereocenters. The maximum atomic E-state index is 12.8. The minimum Gasteiger partial charge on any atom is -0.166 e. The Hall–Kier alpha value is -2.15. The number of thiophene rings is 3. The van der Waals surface area contributed by atoms with Crippen molar-refractivity contribution >= 4 is 52.8 Å². The van der Waals surface area contributed by atoms with Crippen molar-refractivity contribution in [2.45, 2.75) is 6.18 Å². The third-order valence-electron chi connectivity index (χ3n) is 4.38. The number of benzene rings is 2. The van der Waals surface area contributed by atoms with E-state index in [1.807, 2.05) is 18.2 Å². The highest BCUT2D eigenvalue weighted by Gasteiger charge is 2.30. The van der Waals surface area contributed by atoms with E-state index in [-0.39, 0.29) is 0 Å². The zero-order valence-electron chi connectivity index (χ0n) is 13.7. The first-order valence-electron chi connectivity index (χ1n) is 8.18. The Morgan fingerprint density at radius 3 is 1.63 bits per heavy atom. The molecule has 5 rings (SSSR count). The Kier molecular flexibility index (Phi) is 3.89. The molecule has 27 heavy (non-hydrogen) atoms. The van der Waals surface area contributed by atoms with Crippen molar-refractivity contribution in [3.8, 4) is 20.9 Å². The molecule has 0 bridgehead atoms. The van der Waals surface area contributed by atoms with Gasteiger partial charge in [0, 0.05) is 19.2 Å². The maximum absolute atomic E-state index is 12.8. The van der Waals surface area contributed by atoms with Gasteiger partial charge in [-0.1, -0.05) is 42.5 Å². The SMILES string of the molecule is FC(F)(F)c1ccc(-c2cc3sc4cc(-c5ccccc5)sc4c3s2)cc1. The predicted molar refractivity (Wildman–Crippen MR) is 111 cm³/mol. The summed E-state index contributed by atoms with van der Waals surface area (Å²) in [7, 11) is 0.